The molecule has 0 heterocycles. The maximum absolute atomic E-state index is 12.8. The van der Waals surface area contributed by atoms with Gasteiger partial charge in [-0.2, -0.15) is 0 Å². The standard InChI is InChI=1S/C23H29NO4/c1-6-28-21(25)15-20(16-9-13-19(27-5)14-10-16)24-22(26)17-7-11-18(12-8-17)23(2,3)4/h7-14,20H,6,15H2,1-5H3,(H,24,26). The minimum absolute atomic E-state index is 0.0184. The molecule has 0 fully saturated rings. The molecule has 0 aromatic heterocycles. The molecule has 1 N–H and O–H groups in total. The summed E-state index contributed by atoms with van der Waals surface area (Å²) >= 11 is 0. The van der Waals surface area contributed by atoms with Crippen LogP contribution in [0.3, 0.4) is 0 Å². The zero-order valence-corrected chi connectivity index (χ0v) is 17.2. The van der Waals surface area contributed by atoms with Crippen LogP contribution in [0.2, 0.25) is 0 Å². The van der Waals surface area contributed by atoms with Crippen LogP contribution >= 0.6 is 0 Å². The molecule has 2 aromatic carbocycles. The highest BCUT2D eigenvalue weighted by atomic mass is 16.5. The van der Waals surface area contributed by atoms with Crippen LogP contribution in [-0.2, 0) is 14.9 Å². The highest BCUT2D eigenvalue weighted by Crippen LogP contribution is 2.24. The number of nitrogens with one attached hydrogen (secondary N) is 1. The van der Waals surface area contributed by atoms with Gasteiger partial charge in [-0.1, -0.05) is 45.0 Å². The molecule has 0 saturated carbocycles. The molecular weight excluding hydrogens is 354 g/mol. The maximum Gasteiger partial charge on any atom is 0.308 e. The second-order valence-corrected chi connectivity index (χ2v) is 7.64. The van der Waals surface area contributed by atoms with E-state index in [4.69, 9.17) is 9.47 Å². The van der Waals surface area contributed by atoms with E-state index in [1.165, 1.54) is 0 Å². The van der Waals surface area contributed by atoms with Crippen molar-refractivity contribution in [3.8, 4) is 5.75 Å². The van der Waals surface area contributed by atoms with Crippen molar-refractivity contribution in [1.29, 1.82) is 0 Å². The fourth-order valence-electron chi connectivity index (χ4n) is 2.84. The highest BCUT2D eigenvalue weighted by Gasteiger charge is 2.21. The minimum Gasteiger partial charge on any atom is -0.497 e. The van der Waals surface area contributed by atoms with Crippen molar-refractivity contribution in [3.05, 3.63) is 65.2 Å². The Morgan fingerprint density at radius 2 is 1.61 bits per heavy atom. The molecule has 0 aliphatic carbocycles. The number of rotatable bonds is 7. The maximum atomic E-state index is 12.8. The number of esters is 1. The van der Waals surface area contributed by atoms with Gasteiger partial charge in [0.2, 0.25) is 0 Å². The van der Waals surface area contributed by atoms with Crippen LogP contribution in [0.15, 0.2) is 48.5 Å². The Labute approximate surface area is 167 Å². The molecule has 0 saturated heterocycles. The van der Waals surface area contributed by atoms with Gasteiger partial charge < -0.3 is 14.8 Å². The largest absolute Gasteiger partial charge is 0.497 e. The minimum atomic E-state index is -0.486. The van der Waals surface area contributed by atoms with Gasteiger partial charge in [0.05, 0.1) is 26.2 Å². The van der Waals surface area contributed by atoms with E-state index >= 15 is 0 Å². The normalized spacial score (nSPS) is 12.2. The number of ether oxygens (including phenoxy) is 2. The lowest BCUT2D eigenvalue weighted by atomic mass is 9.86. The number of methoxy groups -OCH3 is 1. The van der Waals surface area contributed by atoms with Crippen LogP contribution in [0.5, 0.6) is 5.75 Å². The Morgan fingerprint density at radius 1 is 1.00 bits per heavy atom. The lowest BCUT2D eigenvalue weighted by Crippen LogP contribution is -2.30. The van der Waals surface area contributed by atoms with Gasteiger partial charge in [-0.3, -0.25) is 9.59 Å². The quantitative estimate of drug-likeness (QED) is 0.719. The molecule has 5 nitrogen and oxygen atoms in total. The first-order chi connectivity index (χ1) is 13.2. The smallest absolute Gasteiger partial charge is 0.308 e. The van der Waals surface area contributed by atoms with Crippen molar-refractivity contribution >= 4 is 11.9 Å². The van der Waals surface area contributed by atoms with Gasteiger partial charge in [0, 0.05) is 5.56 Å². The fraction of sp³-hybridized carbons (Fsp3) is 0.391. The summed E-state index contributed by atoms with van der Waals surface area (Å²) in [4.78, 5) is 24.8. The number of carbonyl (C=O) groups is 2. The summed E-state index contributed by atoms with van der Waals surface area (Å²) in [6.45, 7) is 8.44. The second-order valence-electron chi connectivity index (χ2n) is 7.64. The summed E-state index contributed by atoms with van der Waals surface area (Å²) in [6, 6.07) is 14.3. The van der Waals surface area contributed by atoms with E-state index in [0.717, 1.165) is 11.1 Å². The number of carbonyl (C=O) groups excluding carboxylic acids is 2. The van der Waals surface area contributed by atoms with Gasteiger partial charge in [0.1, 0.15) is 5.75 Å². The summed E-state index contributed by atoms with van der Waals surface area (Å²) in [5.41, 5.74) is 2.54. The SMILES string of the molecule is CCOC(=O)CC(NC(=O)c1ccc(C(C)(C)C)cc1)c1ccc(OC)cc1. The summed E-state index contributed by atoms with van der Waals surface area (Å²) in [6.07, 6.45) is 0.0615. The fourth-order valence-corrected chi connectivity index (χ4v) is 2.84. The topological polar surface area (TPSA) is 64.6 Å². The van der Waals surface area contributed by atoms with Gasteiger partial charge in [-0.25, -0.2) is 0 Å². The van der Waals surface area contributed by atoms with Gasteiger partial charge in [-0.15, -0.1) is 0 Å². The molecule has 0 radical (unpaired) electrons. The molecule has 28 heavy (non-hydrogen) atoms. The zero-order valence-electron chi connectivity index (χ0n) is 17.2. The molecular formula is C23H29NO4. The predicted molar refractivity (Wildman–Crippen MR) is 110 cm³/mol. The van der Waals surface area contributed by atoms with E-state index in [2.05, 4.69) is 26.1 Å². The number of hydrogen-bond acceptors (Lipinski definition) is 4. The third-order valence-corrected chi connectivity index (χ3v) is 4.51. The Bertz CT molecular complexity index is 789. The zero-order chi connectivity index (χ0) is 20.7. The number of benzene rings is 2. The second kappa shape index (κ2) is 9.40. The Balaban J connectivity index is 2.20. The van der Waals surface area contributed by atoms with Crippen molar-refractivity contribution in [2.45, 2.75) is 45.6 Å². The summed E-state index contributed by atoms with van der Waals surface area (Å²) in [5.74, 6) is 0.125. The predicted octanol–water partition coefficient (Wildman–Crippen LogP) is 4.42. The molecule has 0 bridgehead atoms. The molecule has 1 atom stereocenters. The highest BCUT2D eigenvalue weighted by molar-refractivity contribution is 5.94. The molecule has 1 unspecified atom stereocenters. The van der Waals surface area contributed by atoms with Gasteiger partial charge in [-0.05, 0) is 47.7 Å². The first-order valence-corrected chi connectivity index (χ1v) is 9.45. The molecule has 0 aliphatic heterocycles. The molecule has 1 amide bonds. The molecule has 2 rings (SSSR count). The van der Waals surface area contributed by atoms with E-state index in [1.54, 1.807) is 26.2 Å². The Kier molecular flexibility index (Phi) is 7.21. The van der Waals surface area contributed by atoms with Gasteiger partial charge in [0.25, 0.3) is 5.91 Å². The summed E-state index contributed by atoms with van der Waals surface area (Å²) < 4.78 is 10.2. The van der Waals surface area contributed by atoms with Crippen LogP contribution in [-0.4, -0.2) is 25.6 Å². The van der Waals surface area contributed by atoms with Crippen LogP contribution < -0.4 is 10.1 Å². The van der Waals surface area contributed by atoms with Crippen molar-refractivity contribution in [2.75, 3.05) is 13.7 Å². The Morgan fingerprint density at radius 3 is 2.11 bits per heavy atom. The van der Waals surface area contributed by atoms with Crippen molar-refractivity contribution in [2.24, 2.45) is 0 Å². The third-order valence-electron chi connectivity index (χ3n) is 4.51. The molecule has 5 heteroatoms. The number of hydrogen-bond donors (Lipinski definition) is 1. The first-order valence-electron chi connectivity index (χ1n) is 9.45. The van der Waals surface area contributed by atoms with Gasteiger partial charge >= 0.3 is 5.97 Å². The molecule has 0 spiro atoms. The third kappa shape index (κ3) is 5.84. The van der Waals surface area contributed by atoms with E-state index in [-0.39, 0.29) is 23.7 Å². The molecule has 2 aromatic rings. The van der Waals surface area contributed by atoms with Gasteiger partial charge in [0.15, 0.2) is 0 Å². The van der Waals surface area contributed by atoms with E-state index in [0.29, 0.717) is 17.9 Å². The van der Waals surface area contributed by atoms with Crippen LogP contribution in [0, 0.1) is 0 Å². The average Bonchev–Trinajstić information content (AvgIpc) is 2.67. The molecule has 150 valence electrons. The van der Waals surface area contributed by atoms with Crippen LogP contribution in [0.1, 0.15) is 61.6 Å². The summed E-state index contributed by atoms with van der Waals surface area (Å²) in [5, 5.41) is 2.95. The van der Waals surface area contributed by atoms with Crippen LogP contribution in [0.25, 0.3) is 0 Å². The monoisotopic (exact) mass is 383 g/mol. The number of amides is 1. The van der Waals surface area contributed by atoms with Crippen molar-refractivity contribution in [1.82, 2.24) is 5.32 Å². The first kappa shape index (κ1) is 21.5. The van der Waals surface area contributed by atoms with Crippen LogP contribution in [0.4, 0.5) is 0 Å². The summed E-state index contributed by atoms with van der Waals surface area (Å²) in [7, 11) is 1.59. The Hall–Kier alpha value is -2.82. The van der Waals surface area contributed by atoms with Crippen molar-refractivity contribution < 1.29 is 19.1 Å². The van der Waals surface area contributed by atoms with E-state index in [9.17, 15) is 9.59 Å². The average molecular weight is 383 g/mol. The van der Waals surface area contributed by atoms with E-state index in [1.807, 2.05) is 36.4 Å². The molecule has 0 aliphatic rings. The lowest BCUT2D eigenvalue weighted by Gasteiger charge is -2.21. The van der Waals surface area contributed by atoms with Crippen molar-refractivity contribution in [3.63, 3.8) is 0 Å². The lowest BCUT2D eigenvalue weighted by molar-refractivity contribution is -0.143. The van der Waals surface area contributed by atoms with E-state index < -0.39 is 6.04 Å².